The molecule has 0 heterocycles. The molecule has 0 aliphatic heterocycles. The average molecular weight is 325 g/mol. The van der Waals surface area contributed by atoms with E-state index in [0.29, 0.717) is 11.2 Å². The Kier molecular flexibility index (Phi) is 4.45. The number of allylic oxidation sites excluding steroid dienone is 2. The highest BCUT2D eigenvalue weighted by Gasteiger charge is 2.48. The van der Waals surface area contributed by atoms with Gasteiger partial charge in [-0.05, 0) is 91.7 Å². The van der Waals surface area contributed by atoms with Crippen LogP contribution in [0.2, 0.25) is 0 Å². The van der Waals surface area contributed by atoms with Crippen molar-refractivity contribution in [3.05, 3.63) is 42.0 Å². The van der Waals surface area contributed by atoms with Gasteiger partial charge in [-0.2, -0.15) is 0 Å². The van der Waals surface area contributed by atoms with Crippen LogP contribution in [0.3, 0.4) is 0 Å². The minimum atomic E-state index is 0.420. The molecule has 2 fully saturated rings. The Hall–Kier alpha value is -1.24. The third-order valence-electron chi connectivity index (χ3n) is 7.26. The third-order valence-corrected chi connectivity index (χ3v) is 7.26. The second kappa shape index (κ2) is 6.58. The van der Waals surface area contributed by atoms with E-state index in [1.807, 2.05) is 12.1 Å². The molecule has 1 spiro atoms. The molecule has 24 heavy (non-hydrogen) atoms. The van der Waals surface area contributed by atoms with E-state index in [4.69, 9.17) is 0 Å². The number of rotatable bonds is 2. The largest absolute Gasteiger partial charge is 0.508 e. The fourth-order valence-corrected chi connectivity index (χ4v) is 6.39. The zero-order chi connectivity index (χ0) is 16.6. The normalized spacial score (nSPS) is 38.9. The maximum Gasteiger partial charge on any atom is 0.115 e. The monoisotopic (exact) mass is 324 g/mol. The van der Waals surface area contributed by atoms with Crippen molar-refractivity contribution in [3.8, 4) is 5.75 Å². The average Bonchev–Trinajstić information content (AvgIpc) is 2.56. The molecule has 0 aromatic heterocycles. The number of aromatic hydroxyl groups is 1. The van der Waals surface area contributed by atoms with Gasteiger partial charge in [-0.25, -0.2) is 0 Å². The standard InChI is InChI=1S/C23H32O/c1-17-6-4-12-23(16-17)13-5-10-21-19(8-3-11-22(21)23)14-18-7-2-9-20(24)15-18/h2,4,7,9,12,15,17,19,21-22,24H,3,5-6,8,10-11,13-14,16H2,1H3. The predicted molar refractivity (Wildman–Crippen MR) is 100.0 cm³/mol. The van der Waals surface area contributed by atoms with Crippen LogP contribution in [-0.4, -0.2) is 5.11 Å². The van der Waals surface area contributed by atoms with E-state index in [0.717, 1.165) is 30.1 Å². The predicted octanol–water partition coefficient (Wildman–Crippen LogP) is 6.12. The molecular weight excluding hydrogens is 292 g/mol. The molecule has 0 bridgehead atoms. The first-order chi connectivity index (χ1) is 11.7. The van der Waals surface area contributed by atoms with Crippen LogP contribution in [0.15, 0.2) is 36.4 Å². The summed E-state index contributed by atoms with van der Waals surface area (Å²) in [5.74, 6) is 3.89. The number of hydrogen-bond acceptors (Lipinski definition) is 1. The molecule has 3 aliphatic carbocycles. The van der Waals surface area contributed by atoms with Crippen molar-refractivity contribution >= 4 is 0 Å². The van der Waals surface area contributed by atoms with Gasteiger partial charge in [0.1, 0.15) is 5.75 Å². The van der Waals surface area contributed by atoms with E-state index in [-0.39, 0.29) is 0 Å². The molecule has 1 N–H and O–H groups in total. The third kappa shape index (κ3) is 3.03. The summed E-state index contributed by atoms with van der Waals surface area (Å²) < 4.78 is 0. The molecule has 5 atom stereocenters. The lowest BCUT2D eigenvalue weighted by atomic mass is 9.51. The van der Waals surface area contributed by atoms with Crippen molar-refractivity contribution in [3.63, 3.8) is 0 Å². The molecule has 0 saturated heterocycles. The summed E-state index contributed by atoms with van der Waals surface area (Å²) in [6, 6.07) is 7.96. The van der Waals surface area contributed by atoms with E-state index in [9.17, 15) is 5.11 Å². The summed E-state index contributed by atoms with van der Waals surface area (Å²) in [4.78, 5) is 0. The van der Waals surface area contributed by atoms with E-state index in [1.54, 1.807) is 6.07 Å². The summed E-state index contributed by atoms with van der Waals surface area (Å²) >= 11 is 0. The Bertz CT molecular complexity index is 604. The van der Waals surface area contributed by atoms with Gasteiger partial charge in [-0.1, -0.05) is 44.1 Å². The SMILES string of the molecule is CC1CC=CC2(CCCC3C(Cc4cccc(O)c4)CCCC32)C1. The molecule has 4 rings (SSSR count). The molecule has 2 saturated carbocycles. The van der Waals surface area contributed by atoms with Gasteiger partial charge in [0, 0.05) is 0 Å². The first-order valence-electron chi connectivity index (χ1n) is 10.1. The van der Waals surface area contributed by atoms with Gasteiger partial charge >= 0.3 is 0 Å². The van der Waals surface area contributed by atoms with Gasteiger partial charge in [0.2, 0.25) is 0 Å². The van der Waals surface area contributed by atoms with Crippen molar-refractivity contribution in [2.45, 2.75) is 64.7 Å². The fraction of sp³-hybridized carbons (Fsp3) is 0.652. The molecule has 1 aromatic carbocycles. The molecule has 130 valence electrons. The van der Waals surface area contributed by atoms with Crippen LogP contribution in [0.1, 0.15) is 63.9 Å². The Balaban J connectivity index is 1.56. The van der Waals surface area contributed by atoms with Crippen molar-refractivity contribution in [1.29, 1.82) is 0 Å². The van der Waals surface area contributed by atoms with Crippen molar-refractivity contribution in [2.24, 2.45) is 29.1 Å². The van der Waals surface area contributed by atoms with E-state index in [1.165, 1.54) is 56.9 Å². The van der Waals surface area contributed by atoms with Crippen molar-refractivity contribution in [1.82, 2.24) is 0 Å². The lowest BCUT2D eigenvalue weighted by molar-refractivity contribution is -0.00557. The minimum absolute atomic E-state index is 0.420. The van der Waals surface area contributed by atoms with Gasteiger partial charge in [-0.3, -0.25) is 0 Å². The summed E-state index contributed by atoms with van der Waals surface area (Å²) in [7, 11) is 0. The van der Waals surface area contributed by atoms with E-state index >= 15 is 0 Å². The van der Waals surface area contributed by atoms with Crippen LogP contribution < -0.4 is 0 Å². The number of hydrogen-bond donors (Lipinski definition) is 1. The number of phenolic OH excluding ortho intramolecular Hbond substituents is 1. The van der Waals surface area contributed by atoms with Crippen LogP contribution in [0.25, 0.3) is 0 Å². The van der Waals surface area contributed by atoms with Gasteiger partial charge in [-0.15, -0.1) is 0 Å². The Morgan fingerprint density at radius 3 is 2.92 bits per heavy atom. The second-order valence-electron chi connectivity index (χ2n) is 8.91. The van der Waals surface area contributed by atoms with Crippen LogP contribution >= 0.6 is 0 Å². The minimum Gasteiger partial charge on any atom is -0.508 e. The molecule has 5 unspecified atom stereocenters. The molecule has 1 nitrogen and oxygen atoms in total. The maximum atomic E-state index is 9.79. The van der Waals surface area contributed by atoms with Gasteiger partial charge in [0.15, 0.2) is 0 Å². The van der Waals surface area contributed by atoms with Crippen LogP contribution in [0.4, 0.5) is 0 Å². The molecule has 1 heteroatoms. The molecule has 3 aliphatic rings. The van der Waals surface area contributed by atoms with Crippen LogP contribution in [0.5, 0.6) is 5.75 Å². The quantitative estimate of drug-likeness (QED) is 0.649. The summed E-state index contributed by atoms with van der Waals surface area (Å²) in [6.45, 7) is 2.45. The van der Waals surface area contributed by atoms with E-state index in [2.05, 4.69) is 25.1 Å². The summed E-state index contributed by atoms with van der Waals surface area (Å²) in [5.41, 5.74) is 1.84. The van der Waals surface area contributed by atoms with Crippen molar-refractivity contribution < 1.29 is 5.11 Å². The highest BCUT2D eigenvalue weighted by molar-refractivity contribution is 5.27. The van der Waals surface area contributed by atoms with Crippen LogP contribution in [0, 0.1) is 29.1 Å². The molecule has 0 radical (unpaired) electrons. The van der Waals surface area contributed by atoms with Crippen LogP contribution in [-0.2, 0) is 6.42 Å². The Labute approximate surface area is 147 Å². The molecule has 1 aromatic rings. The number of phenols is 1. The topological polar surface area (TPSA) is 20.2 Å². The van der Waals surface area contributed by atoms with Crippen molar-refractivity contribution in [2.75, 3.05) is 0 Å². The Morgan fingerprint density at radius 1 is 1.17 bits per heavy atom. The smallest absolute Gasteiger partial charge is 0.115 e. The van der Waals surface area contributed by atoms with Gasteiger partial charge < -0.3 is 5.11 Å². The zero-order valence-corrected chi connectivity index (χ0v) is 15.1. The Morgan fingerprint density at radius 2 is 2.08 bits per heavy atom. The molecule has 0 amide bonds. The number of fused-ring (bicyclic) bond motifs is 2. The highest BCUT2D eigenvalue weighted by atomic mass is 16.3. The zero-order valence-electron chi connectivity index (χ0n) is 15.1. The highest BCUT2D eigenvalue weighted by Crippen LogP contribution is 2.57. The van der Waals surface area contributed by atoms with Gasteiger partial charge in [0.05, 0.1) is 0 Å². The lowest BCUT2D eigenvalue weighted by Crippen LogP contribution is -2.45. The van der Waals surface area contributed by atoms with E-state index < -0.39 is 0 Å². The summed E-state index contributed by atoms with van der Waals surface area (Å²) in [6.07, 6.45) is 17.5. The number of benzene rings is 1. The first kappa shape index (κ1) is 16.2. The van der Waals surface area contributed by atoms with Gasteiger partial charge in [0.25, 0.3) is 0 Å². The lowest BCUT2D eigenvalue weighted by Gasteiger charge is -2.54. The first-order valence-corrected chi connectivity index (χ1v) is 10.1. The molecular formula is C23H32O. The second-order valence-corrected chi connectivity index (χ2v) is 8.91. The summed E-state index contributed by atoms with van der Waals surface area (Å²) in [5, 5.41) is 9.79. The maximum absolute atomic E-state index is 9.79. The fourth-order valence-electron chi connectivity index (χ4n) is 6.39.